The molecule has 3 rings (SSSR count). The Labute approximate surface area is 136 Å². The highest BCUT2D eigenvalue weighted by Crippen LogP contribution is 2.32. The molecule has 1 amide bonds. The van der Waals surface area contributed by atoms with E-state index in [1.807, 2.05) is 0 Å². The quantitative estimate of drug-likeness (QED) is 0.789. The third kappa shape index (κ3) is 2.37. The van der Waals surface area contributed by atoms with E-state index in [1.54, 1.807) is 18.5 Å². The van der Waals surface area contributed by atoms with Crippen LogP contribution in [0.1, 0.15) is 33.5 Å². The third-order valence-electron chi connectivity index (χ3n) is 3.62. The van der Waals surface area contributed by atoms with E-state index in [1.165, 1.54) is 23.4 Å². The number of aromatic nitrogens is 2. The summed E-state index contributed by atoms with van der Waals surface area (Å²) in [6.07, 6.45) is 1.40. The van der Waals surface area contributed by atoms with E-state index in [9.17, 15) is 14.0 Å². The number of esters is 1. The van der Waals surface area contributed by atoms with Crippen LogP contribution in [0.4, 0.5) is 4.39 Å². The van der Waals surface area contributed by atoms with Crippen molar-refractivity contribution in [2.24, 2.45) is 0 Å². The number of rotatable bonds is 2. The Kier molecular flexibility index (Phi) is 3.81. The van der Waals surface area contributed by atoms with Gasteiger partial charge in [0.25, 0.3) is 5.91 Å². The Bertz CT molecular complexity index is 819. The zero-order valence-electron chi connectivity index (χ0n) is 12.5. The van der Waals surface area contributed by atoms with Crippen molar-refractivity contribution >= 4 is 23.5 Å². The zero-order chi connectivity index (χ0) is 16.7. The lowest BCUT2D eigenvalue weighted by atomic mass is 10.1. The molecular formula is C15H13ClFN3O3. The van der Waals surface area contributed by atoms with Crippen LogP contribution in [-0.2, 0) is 11.3 Å². The first-order valence-corrected chi connectivity index (χ1v) is 7.30. The fraction of sp³-hybridized carbons (Fsp3) is 0.267. The van der Waals surface area contributed by atoms with Gasteiger partial charge in [-0.2, -0.15) is 0 Å². The van der Waals surface area contributed by atoms with Crippen LogP contribution in [0.2, 0.25) is 5.02 Å². The average Bonchev–Trinajstić information content (AvgIpc) is 2.88. The van der Waals surface area contributed by atoms with E-state index in [0.29, 0.717) is 11.4 Å². The molecule has 0 bridgehead atoms. The van der Waals surface area contributed by atoms with Gasteiger partial charge in [-0.05, 0) is 19.1 Å². The number of imidazole rings is 1. The van der Waals surface area contributed by atoms with Crippen LogP contribution in [0.5, 0.6) is 0 Å². The van der Waals surface area contributed by atoms with E-state index < -0.39 is 17.7 Å². The molecule has 23 heavy (non-hydrogen) atoms. The van der Waals surface area contributed by atoms with E-state index in [-0.39, 0.29) is 29.4 Å². The smallest absolute Gasteiger partial charge is 0.358 e. The Morgan fingerprint density at radius 1 is 1.48 bits per heavy atom. The van der Waals surface area contributed by atoms with Crippen molar-refractivity contribution in [3.05, 3.63) is 46.3 Å². The van der Waals surface area contributed by atoms with Crippen molar-refractivity contribution in [2.45, 2.75) is 13.5 Å². The molecule has 0 unspecified atom stereocenters. The number of benzene rings is 1. The monoisotopic (exact) mass is 337 g/mol. The Morgan fingerprint density at radius 2 is 2.22 bits per heavy atom. The molecule has 0 N–H and O–H groups in total. The summed E-state index contributed by atoms with van der Waals surface area (Å²) in [5, 5.41) is -0.251. The Hall–Kier alpha value is -2.41. The number of carbonyl (C=O) groups is 2. The molecule has 0 saturated heterocycles. The molecule has 2 heterocycles. The predicted octanol–water partition coefficient (Wildman–Crippen LogP) is 2.43. The minimum Gasteiger partial charge on any atom is -0.461 e. The maximum absolute atomic E-state index is 13.7. The third-order valence-corrected chi connectivity index (χ3v) is 3.98. The second kappa shape index (κ2) is 5.66. The molecule has 6 nitrogen and oxygen atoms in total. The van der Waals surface area contributed by atoms with Gasteiger partial charge in [0.2, 0.25) is 0 Å². The summed E-state index contributed by atoms with van der Waals surface area (Å²) in [5.41, 5.74) is 1.03. The van der Waals surface area contributed by atoms with Gasteiger partial charge in [-0.3, -0.25) is 9.36 Å². The van der Waals surface area contributed by atoms with E-state index in [2.05, 4.69) is 4.98 Å². The normalized spacial score (nSPS) is 13.4. The molecule has 1 aromatic heterocycles. The molecule has 0 saturated carbocycles. The first-order chi connectivity index (χ1) is 11.0. The number of fused-ring (bicyclic) bond motifs is 3. The second-order valence-electron chi connectivity index (χ2n) is 5.05. The standard InChI is InChI=1S/C15H13ClFN3O3/c1-3-23-15(22)13-10-6-19(2)14(21)11-9(20(10)7-18-13)5-4-8(17)12(11)16/h4-5,7H,3,6H2,1-2H3. The Morgan fingerprint density at radius 3 is 2.91 bits per heavy atom. The van der Waals surface area contributed by atoms with Crippen LogP contribution in [0.15, 0.2) is 18.5 Å². The molecular weight excluding hydrogens is 325 g/mol. The molecule has 1 aromatic carbocycles. The van der Waals surface area contributed by atoms with Gasteiger partial charge in [0.05, 0.1) is 35.1 Å². The lowest BCUT2D eigenvalue weighted by Gasteiger charge is -2.15. The number of halogens is 2. The molecule has 0 aliphatic carbocycles. The highest BCUT2D eigenvalue weighted by Gasteiger charge is 2.31. The van der Waals surface area contributed by atoms with Gasteiger partial charge in [-0.25, -0.2) is 14.2 Å². The van der Waals surface area contributed by atoms with Gasteiger partial charge in [0.1, 0.15) is 12.1 Å². The maximum Gasteiger partial charge on any atom is 0.358 e. The van der Waals surface area contributed by atoms with Crippen LogP contribution in [0.3, 0.4) is 0 Å². The summed E-state index contributed by atoms with van der Waals surface area (Å²) in [6, 6.07) is 2.61. The van der Waals surface area contributed by atoms with Crippen LogP contribution in [-0.4, -0.2) is 40.0 Å². The topological polar surface area (TPSA) is 64.4 Å². The van der Waals surface area contributed by atoms with Gasteiger partial charge in [-0.1, -0.05) is 11.6 Å². The molecule has 0 spiro atoms. The molecule has 0 fully saturated rings. The van der Waals surface area contributed by atoms with E-state index in [4.69, 9.17) is 16.3 Å². The molecule has 8 heteroatoms. The first-order valence-electron chi connectivity index (χ1n) is 6.92. The molecule has 0 atom stereocenters. The fourth-order valence-corrected chi connectivity index (χ4v) is 2.78. The summed E-state index contributed by atoms with van der Waals surface area (Å²) in [4.78, 5) is 30.0. The summed E-state index contributed by atoms with van der Waals surface area (Å²) >= 11 is 5.98. The van der Waals surface area contributed by atoms with Gasteiger partial charge >= 0.3 is 5.97 Å². The lowest BCUT2D eigenvalue weighted by molar-refractivity contribution is 0.0516. The van der Waals surface area contributed by atoms with Crippen molar-refractivity contribution in [1.29, 1.82) is 0 Å². The summed E-state index contributed by atoms with van der Waals surface area (Å²) < 4.78 is 20.3. The average molecular weight is 338 g/mol. The van der Waals surface area contributed by atoms with Crippen molar-refractivity contribution in [3.8, 4) is 5.69 Å². The van der Waals surface area contributed by atoms with Crippen LogP contribution < -0.4 is 0 Å². The number of nitrogens with zero attached hydrogens (tertiary/aromatic N) is 3. The van der Waals surface area contributed by atoms with E-state index >= 15 is 0 Å². The number of amides is 1. The summed E-state index contributed by atoms with van der Waals surface area (Å²) in [6.45, 7) is 2.04. The molecule has 1 aliphatic rings. The van der Waals surface area contributed by atoms with Crippen molar-refractivity contribution in [2.75, 3.05) is 13.7 Å². The van der Waals surface area contributed by atoms with Gasteiger partial charge in [0, 0.05) is 7.05 Å². The lowest BCUT2D eigenvalue weighted by Crippen LogP contribution is -2.26. The number of hydrogen-bond donors (Lipinski definition) is 0. The van der Waals surface area contributed by atoms with Crippen LogP contribution >= 0.6 is 11.6 Å². The fourth-order valence-electron chi connectivity index (χ4n) is 2.53. The highest BCUT2D eigenvalue weighted by atomic mass is 35.5. The predicted molar refractivity (Wildman–Crippen MR) is 80.3 cm³/mol. The minimum atomic E-state index is -0.679. The highest BCUT2D eigenvalue weighted by molar-refractivity contribution is 6.34. The molecule has 120 valence electrons. The Balaban J connectivity index is 2.25. The number of carbonyl (C=O) groups excluding carboxylic acids is 2. The maximum atomic E-state index is 13.7. The van der Waals surface area contributed by atoms with Gasteiger partial charge in [0.15, 0.2) is 5.69 Å². The number of ether oxygens (including phenoxy) is 1. The van der Waals surface area contributed by atoms with Crippen molar-refractivity contribution in [3.63, 3.8) is 0 Å². The number of hydrogen-bond acceptors (Lipinski definition) is 4. The van der Waals surface area contributed by atoms with Gasteiger partial charge in [-0.15, -0.1) is 0 Å². The molecule has 0 radical (unpaired) electrons. The summed E-state index contributed by atoms with van der Waals surface area (Å²) in [5.74, 6) is -1.68. The van der Waals surface area contributed by atoms with Crippen molar-refractivity contribution < 1.29 is 18.7 Å². The largest absolute Gasteiger partial charge is 0.461 e. The first kappa shape index (κ1) is 15.5. The molecule has 1 aliphatic heterocycles. The summed E-state index contributed by atoms with van der Waals surface area (Å²) in [7, 11) is 1.55. The van der Waals surface area contributed by atoms with E-state index in [0.717, 1.165) is 0 Å². The zero-order valence-corrected chi connectivity index (χ0v) is 13.2. The van der Waals surface area contributed by atoms with Crippen LogP contribution in [0, 0.1) is 5.82 Å². The van der Waals surface area contributed by atoms with Crippen molar-refractivity contribution in [1.82, 2.24) is 14.5 Å². The second-order valence-corrected chi connectivity index (χ2v) is 5.43. The molecule has 2 aromatic rings. The van der Waals surface area contributed by atoms with Crippen LogP contribution in [0.25, 0.3) is 5.69 Å². The minimum absolute atomic E-state index is 0.0423. The SMILES string of the molecule is CCOC(=O)c1ncn2c1CN(C)C(=O)c1c-2ccc(F)c1Cl. The van der Waals surface area contributed by atoms with Gasteiger partial charge < -0.3 is 9.64 Å².